The number of rotatable bonds is 3. The van der Waals surface area contributed by atoms with E-state index in [1.54, 1.807) is 4.90 Å². The van der Waals surface area contributed by atoms with Gasteiger partial charge in [0.2, 0.25) is 0 Å². The van der Waals surface area contributed by atoms with Crippen LogP contribution < -0.4 is 5.32 Å². The van der Waals surface area contributed by atoms with Crippen molar-refractivity contribution in [2.45, 2.75) is 38.8 Å². The average Bonchev–Trinajstić information content (AvgIpc) is 3.17. The van der Waals surface area contributed by atoms with Gasteiger partial charge in [0.25, 0.3) is 0 Å². The number of fused-ring (bicyclic) bond motifs is 1. The first kappa shape index (κ1) is 20.8. The van der Waals surface area contributed by atoms with Crippen molar-refractivity contribution in [2.75, 3.05) is 18.4 Å². The second-order valence-electron chi connectivity index (χ2n) is 8.63. The smallest absolute Gasteiger partial charge is 0.410 e. The minimum atomic E-state index is -0.548. The summed E-state index contributed by atoms with van der Waals surface area (Å²) >= 11 is 0. The van der Waals surface area contributed by atoms with Crippen LogP contribution in [-0.2, 0) is 4.74 Å². The minimum absolute atomic E-state index is 0.0280. The molecular formula is C23H25FN4O3. The molecule has 4 rings (SSSR count). The number of phenolic OH excluding ortho intramolecular Hbond substituents is 1. The fourth-order valence-corrected chi connectivity index (χ4v) is 3.56. The Hall–Kier alpha value is -3.42. The number of carbonyl (C=O) groups excluding carboxylic acids is 1. The van der Waals surface area contributed by atoms with E-state index < -0.39 is 11.4 Å². The summed E-state index contributed by atoms with van der Waals surface area (Å²) in [7, 11) is 0. The quantitative estimate of drug-likeness (QED) is 0.641. The third-order valence-electron chi connectivity index (χ3n) is 4.98. The molecule has 1 saturated heterocycles. The molecule has 162 valence electrons. The molecule has 2 N–H and O–H groups in total. The van der Waals surface area contributed by atoms with Gasteiger partial charge >= 0.3 is 6.09 Å². The Balaban J connectivity index is 1.62. The lowest BCUT2D eigenvalue weighted by molar-refractivity contribution is 0.0293. The summed E-state index contributed by atoms with van der Waals surface area (Å²) in [6, 6.07) is 11.1. The number of amides is 1. The number of hydrogen-bond acceptors (Lipinski definition) is 6. The zero-order chi connectivity index (χ0) is 22.2. The molecule has 0 radical (unpaired) electrons. The molecule has 2 aromatic carbocycles. The van der Waals surface area contributed by atoms with Gasteiger partial charge in [0, 0.05) is 24.5 Å². The minimum Gasteiger partial charge on any atom is -0.507 e. The third-order valence-corrected chi connectivity index (χ3v) is 4.98. The number of nitrogens with one attached hydrogen (secondary N) is 1. The van der Waals surface area contributed by atoms with Gasteiger partial charge in [0.1, 0.15) is 23.0 Å². The van der Waals surface area contributed by atoms with Crippen LogP contribution in [0, 0.1) is 5.82 Å². The van der Waals surface area contributed by atoms with Crippen molar-refractivity contribution in [3.63, 3.8) is 0 Å². The second-order valence-corrected chi connectivity index (χ2v) is 8.63. The fraction of sp³-hybridized carbons (Fsp3) is 0.348. The van der Waals surface area contributed by atoms with E-state index in [2.05, 4.69) is 15.3 Å². The zero-order valence-corrected chi connectivity index (χ0v) is 17.7. The maximum Gasteiger partial charge on any atom is 0.410 e. The highest BCUT2D eigenvalue weighted by Crippen LogP contribution is 2.31. The first-order chi connectivity index (χ1) is 14.7. The monoisotopic (exact) mass is 424 g/mol. The lowest BCUT2D eigenvalue weighted by Crippen LogP contribution is -2.36. The molecule has 0 unspecified atom stereocenters. The predicted molar refractivity (Wildman–Crippen MR) is 116 cm³/mol. The van der Waals surface area contributed by atoms with Crippen molar-refractivity contribution in [1.29, 1.82) is 0 Å². The highest BCUT2D eigenvalue weighted by molar-refractivity contribution is 5.91. The van der Waals surface area contributed by atoms with E-state index in [-0.39, 0.29) is 29.3 Å². The standard InChI is InChI=1S/C23H25FN4O3/c1-23(2,3)31-22(30)28-11-10-15(13-28)25-20-16-6-4-5-7-18(16)26-21(27-20)17-12-14(24)8-9-19(17)29/h4-9,12,15,29H,10-11,13H2,1-3H3,(H,25,26,27)/t15-/m0/s1. The summed E-state index contributed by atoms with van der Waals surface area (Å²) in [5.41, 5.74) is 0.337. The molecule has 1 amide bonds. The first-order valence-electron chi connectivity index (χ1n) is 10.2. The second kappa shape index (κ2) is 8.02. The molecule has 0 spiro atoms. The Labute approximate surface area is 179 Å². The Morgan fingerprint density at radius 3 is 2.77 bits per heavy atom. The number of benzene rings is 2. The van der Waals surface area contributed by atoms with Gasteiger partial charge in [-0.15, -0.1) is 0 Å². The van der Waals surface area contributed by atoms with Crippen molar-refractivity contribution in [3.05, 3.63) is 48.3 Å². The van der Waals surface area contributed by atoms with Gasteiger partial charge in [-0.05, 0) is 57.5 Å². The lowest BCUT2D eigenvalue weighted by Gasteiger charge is -2.24. The van der Waals surface area contributed by atoms with Crippen LogP contribution in [0.1, 0.15) is 27.2 Å². The number of phenols is 1. The summed E-state index contributed by atoms with van der Waals surface area (Å²) in [6.45, 7) is 6.58. The van der Waals surface area contributed by atoms with Crippen molar-refractivity contribution >= 4 is 22.8 Å². The maximum atomic E-state index is 13.8. The summed E-state index contributed by atoms with van der Waals surface area (Å²) in [5, 5.41) is 14.4. The van der Waals surface area contributed by atoms with Crippen molar-refractivity contribution < 1.29 is 19.0 Å². The van der Waals surface area contributed by atoms with E-state index in [0.717, 1.165) is 11.8 Å². The number of anilines is 1. The number of likely N-dealkylation sites (tertiary alicyclic amines) is 1. The highest BCUT2D eigenvalue weighted by atomic mass is 19.1. The van der Waals surface area contributed by atoms with Crippen LogP contribution in [0.4, 0.5) is 15.0 Å². The Morgan fingerprint density at radius 2 is 2.00 bits per heavy atom. The van der Waals surface area contributed by atoms with E-state index in [0.29, 0.717) is 24.4 Å². The van der Waals surface area contributed by atoms with Gasteiger partial charge in [-0.2, -0.15) is 0 Å². The Morgan fingerprint density at radius 1 is 1.23 bits per heavy atom. The number of hydrogen-bond donors (Lipinski definition) is 2. The van der Waals surface area contributed by atoms with Crippen LogP contribution in [0.5, 0.6) is 5.75 Å². The van der Waals surface area contributed by atoms with Gasteiger partial charge in [0.05, 0.1) is 11.1 Å². The molecule has 2 heterocycles. The molecule has 1 atom stereocenters. The fourth-order valence-electron chi connectivity index (χ4n) is 3.56. The molecule has 1 aliphatic heterocycles. The van der Waals surface area contributed by atoms with Crippen molar-refractivity contribution in [2.24, 2.45) is 0 Å². The van der Waals surface area contributed by atoms with Gasteiger partial charge < -0.3 is 20.1 Å². The molecule has 3 aromatic rings. The van der Waals surface area contributed by atoms with E-state index >= 15 is 0 Å². The largest absolute Gasteiger partial charge is 0.507 e. The highest BCUT2D eigenvalue weighted by Gasteiger charge is 2.30. The van der Waals surface area contributed by atoms with E-state index in [4.69, 9.17) is 4.74 Å². The molecule has 8 heteroatoms. The van der Waals surface area contributed by atoms with Crippen LogP contribution in [-0.4, -0.2) is 50.8 Å². The van der Waals surface area contributed by atoms with Crippen LogP contribution in [0.3, 0.4) is 0 Å². The van der Waals surface area contributed by atoms with Crippen molar-refractivity contribution in [3.8, 4) is 17.1 Å². The number of carbonyl (C=O) groups is 1. The van der Waals surface area contributed by atoms with Gasteiger partial charge in [0.15, 0.2) is 5.82 Å². The summed E-state index contributed by atoms with van der Waals surface area (Å²) in [5.74, 6) is 0.211. The van der Waals surface area contributed by atoms with E-state index in [9.17, 15) is 14.3 Å². The predicted octanol–water partition coefficient (Wildman–Crippen LogP) is 4.56. The van der Waals surface area contributed by atoms with E-state index in [1.165, 1.54) is 18.2 Å². The molecule has 0 saturated carbocycles. The number of aromatic nitrogens is 2. The lowest BCUT2D eigenvalue weighted by atomic mass is 10.1. The first-order valence-corrected chi connectivity index (χ1v) is 10.2. The maximum absolute atomic E-state index is 13.8. The number of ether oxygens (including phenoxy) is 1. The molecule has 1 aliphatic rings. The summed E-state index contributed by atoms with van der Waals surface area (Å²) in [4.78, 5) is 23.1. The molecule has 1 aromatic heterocycles. The number of halogens is 1. The van der Waals surface area contributed by atoms with Gasteiger partial charge in [-0.3, -0.25) is 0 Å². The number of para-hydroxylation sites is 1. The number of aromatic hydroxyl groups is 1. The van der Waals surface area contributed by atoms with Crippen LogP contribution in [0.25, 0.3) is 22.3 Å². The Bertz CT molecular complexity index is 1130. The van der Waals surface area contributed by atoms with Crippen LogP contribution in [0.15, 0.2) is 42.5 Å². The molecule has 0 aliphatic carbocycles. The molecule has 0 bridgehead atoms. The molecular weight excluding hydrogens is 399 g/mol. The number of nitrogens with zero attached hydrogens (tertiary/aromatic N) is 3. The Kier molecular flexibility index (Phi) is 5.39. The molecule has 1 fully saturated rings. The zero-order valence-electron chi connectivity index (χ0n) is 17.7. The van der Waals surface area contributed by atoms with E-state index in [1.807, 2.05) is 45.0 Å². The van der Waals surface area contributed by atoms with Crippen LogP contribution >= 0.6 is 0 Å². The SMILES string of the molecule is CC(C)(C)OC(=O)N1CC[C@H](Nc2nc(-c3cc(F)ccc3O)nc3ccccc23)C1. The normalized spacial score (nSPS) is 16.5. The topological polar surface area (TPSA) is 87.6 Å². The van der Waals surface area contributed by atoms with Crippen LogP contribution in [0.2, 0.25) is 0 Å². The van der Waals surface area contributed by atoms with Gasteiger partial charge in [-0.25, -0.2) is 19.2 Å². The van der Waals surface area contributed by atoms with Gasteiger partial charge in [-0.1, -0.05) is 12.1 Å². The third kappa shape index (κ3) is 4.68. The van der Waals surface area contributed by atoms with Crippen molar-refractivity contribution in [1.82, 2.24) is 14.9 Å². The molecule has 7 nitrogen and oxygen atoms in total. The molecule has 31 heavy (non-hydrogen) atoms. The summed E-state index contributed by atoms with van der Waals surface area (Å²) in [6.07, 6.45) is 0.396. The summed E-state index contributed by atoms with van der Waals surface area (Å²) < 4.78 is 19.2. The average molecular weight is 424 g/mol.